The van der Waals surface area contributed by atoms with Gasteiger partial charge in [-0.1, -0.05) is 24.3 Å². The van der Waals surface area contributed by atoms with Crippen molar-refractivity contribution in [2.24, 2.45) is 0 Å². The molecule has 210 valence electrons. The van der Waals surface area contributed by atoms with Crippen LogP contribution in [0.1, 0.15) is 51.1 Å². The van der Waals surface area contributed by atoms with Crippen LogP contribution in [-0.2, 0) is 14.8 Å². The van der Waals surface area contributed by atoms with Gasteiger partial charge in [0.15, 0.2) is 0 Å². The van der Waals surface area contributed by atoms with E-state index >= 15 is 0 Å². The molecule has 1 amide bonds. The number of aliphatic hydroxyl groups excluding tert-OH is 1. The number of carbonyl (C=O) groups is 1. The zero-order valence-electron chi connectivity index (χ0n) is 22.8. The van der Waals surface area contributed by atoms with Crippen molar-refractivity contribution in [2.45, 2.75) is 50.3 Å². The minimum Gasteiger partial charge on any atom is -0.490 e. The molecule has 0 fully saturated rings. The predicted molar refractivity (Wildman–Crippen MR) is 149 cm³/mol. The third-order valence-electron chi connectivity index (χ3n) is 6.42. The molecule has 0 saturated heterocycles. The number of ether oxygens (including phenoxy) is 3. The van der Waals surface area contributed by atoms with Crippen molar-refractivity contribution in [1.29, 1.82) is 0 Å². The molecule has 1 aliphatic heterocycles. The van der Waals surface area contributed by atoms with Crippen LogP contribution in [0, 0.1) is 0 Å². The average Bonchev–Trinajstić information content (AvgIpc) is 3.49. The zero-order valence-corrected chi connectivity index (χ0v) is 23.7. The Labute approximate surface area is 232 Å². The van der Waals surface area contributed by atoms with Gasteiger partial charge in [-0.15, -0.1) is 0 Å². The van der Waals surface area contributed by atoms with E-state index in [1.807, 2.05) is 0 Å². The van der Waals surface area contributed by atoms with Gasteiger partial charge in [-0.2, -0.15) is 0 Å². The summed E-state index contributed by atoms with van der Waals surface area (Å²) in [4.78, 5) is 16.9. The molecular formula is C29H31N3O7S. The van der Waals surface area contributed by atoms with Gasteiger partial charge in [-0.3, -0.25) is 0 Å². The number of aromatic nitrogens is 2. The van der Waals surface area contributed by atoms with Crippen LogP contribution < -0.4 is 14.8 Å². The second-order valence-electron chi connectivity index (χ2n) is 10.5. The van der Waals surface area contributed by atoms with Crippen LogP contribution in [0.3, 0.4) is 0 Å². The number of pyridine rings is 1. The normalized spacial score (nSPS) is 15.8. The number of nitrogens with zero attached hydrogens (tertiary/aromatic N) is 2. The largest absolute Gasteiger partial charge is 0.490 e. The topological polar surface area (TPSA) is 129 Å². The van der Waals surface area contributed by atoms with Crippen LogP contribution >= 0.6 is 0 Å². The predicted octanol–water partition coefficient (Wildman–Crippen LogP) is 4.96. The van der Waals surface area contributed by atoms with Gasteiger partial charge in [0.05, 0.1) is 41.1 Å². The molecule has 2 N–H and O–H groups in total. The minimum absolute atomic E-state index is 0.108. The van der Waals surface area contributed by atoms with Crippen molar-refractivity contribution in [2.75, 3.05) is 13.7 Å². The molecule has 2 aromatic heterocycles. The molecule has 40 heavy (non-hydrogen) atoms. The maximum atomic E-state index is 14.1. The Balaban J connectivity index is 1.71. The van der Waals surface area contributed by atoms with Crippen molar-refractivity contribution in [3.63, 3.8) is 0 Å². The standard InChI is InChI=1S/C29H31N3O7S/c1-17(33)22-13-18(14-26(30-22)37-5)25-15-21-24(32(25)40(35,36)19-9-7-6-8-10-19)12-11-20-23(16-38-27(20)21)31-28(34)39-29(2,3)4/h6-15,17,23,33H,16H2,1-5H3,(H,31,34)/t17?,23-/m0/s1. The second kappa shape index (κ2) is 10.1. The van der Waals surface area contributed by atoms with Gasteiger partial charge in [-0.25, -0.2) is 22.2 Å². The van der Waals surface area contributed by atoms with Crippen molar-refractivity contribution >= 4 is 27.0 Å². The Kier molecular flexibility index (Phi) is 6.97. The van der Waals surface area contributed by atoms with Gasteiger partial charge in [0, 0.05) is 22.6 Å². The van der Waals surface area contributed by atoms with Crippen LogP contribution in [0.5, 0.6) is 11.6 Å². The molecule has 1 unspecified atom stereocenters. The van der Waals surface area contributed by atoms with E-state index in [-0.39, 0.29) is 17.4 Å². The summed E-state index contributed by atoms with van der Waals surface area (Å²) in [6.07, 6.45) is -1.49. The Bertz CT molecular complexity index is 1690. The Morgan fingerprint density at radius 3 is 2.52 bits per heavy atom. The molecule has 2 aromatic carbocycles. The quantitative estimate of drug-likeness (QED) is 0.336. The lowest BCUT2D eigenvalue weighted by atomic mass is 10.1. The van der Waals surface area contributed by atoms with E-state index in [1.165, 1.54) is 23.2 Å². The van der Waals surface area contributed by atoms with Crippen molar-refractivity contribution in [3.8, 4) is 22.9 Å². The Morgan fingerprint density at radius 2 is 1.88 bits per heavy atom. The van der Waals surface area contributed by atoms with E-state index in [4.69, 9.17) is 14.2 Å². The van der Waals surface area contributed by atoms with E-state index in [0.717, 1.165) is 0 Å². The van der Waals surface area contributed by atoms with Crippen LogP contribution in [0.15, 0.2) is 65.6 Å². The maximum Gasteiger partial charge on any atom is 0.408 e. The van der Waals surface area contributed by atoms with Gasteiger partial charge < -0.3 is 24.6 Å². The molecule has 0 saturated carbocycles. The SMILES string of the molecule is COc1cc(-c2cc3c4c(ccc3n2S(=O)(=O)c2ccccc2)[C@@H](NC(=O)OC(C)(C)C)CO4)cc(C(C)O)n1. The van der Waals surface area contributed by atoms with E-state index in [9.17, 15) is 18.3 Å². The molecule has 0 spiro atoms. The molecule has 0 aliphatic carbocycles. The van der Waals surface area contributed by atoms with Gasteiger partial charge >= 0.3 is 6.09 Å². The number of rotatable bonds is 6. The number of carbonyl (C=O) groups excluding carboxylic acids is 1. The molecule has 1 aliphatic rings. The summed E-state index contributed by atoms with van der Waals surface area (Å²) in [7, 11) is -2.63. The van der Waals surface area contributed by atoms with Gasteiger partial charge in [-0.05, 0) is 58.0 Å². The maximum absolute atomic E-state index is 14.1. The number of methoxy groups -OCH3 is 1. The number of benzene rings is 2. The molecule has 11 heteroatoms. The molecule has 2 atom stereocenters. The number of hydrogen-bond donors (Lipinski definition) is 2. The Morgan fingerprint density at radius 1 is 1.15 bits per heavy atom. The van der Waals surface area contributed by atoms with E-state index in [0.29, 0.717) is 39.2 Å². The van der Waals surface area contributed by atoms with E-state index in [1.54, 1.807) is 76.2 Å². The minimum atomic E-state index is -4.08. The smallest absolute Gasteiger partial charge is 0.408 e. The highest BCUT2D eigenvalue weighted by Crippen LogP contribution is 2.43. The third-order valence-corrected chi connectivity index (χ3v) is 8.16. The molecular weight excluding hydrogens is 534 g/mol. The first-order valence-corrected chi connectivity index (χ1v) is 14.2. The highest BCUT2D eigenvalue weighted by atomic mass is 32.2. The molecule has 10 nitrogen and oxygen atoms in total. The fourth-order valence-corrected chi connectivity index (χ4v) is 6.21. The lowest BCUT2D eigenvalue weighted by Gasteiger charge is -2.21. The fourth-order valence-electron chi connectivity index (χ4n) is 4.66. The third kappa shape index (κ3) is 5.09. The average molecular weight is 566 g/mol. The number of alkyl carbamates (subject to hydrolysis) is 1. The number of amides is 1. The van der Waals surface area contributed by atoms with Gasteiger partial charge in [0.1, 0.15) is 18.0 Å². The van der Waals surface area contributed by atoms with Crippen LogP contribution in [-0.4, -0.2) is 47.9 Å². The highest BCUT2D eigenvalue weighted by Gasteiger charge is 2.33. The zero-order chi connectivity index (χ0) is 28.8. The summed E-state index contributed by atoms with van der Waals surface area (Å²) >= 11 is 0. The molecule has 0 radical (unpaired) electrons. The van der Waals surface area contributed by atoms with Crippen LogP contribution in [0.2, 0.25) is 0 Å². The lowest BCUT2D eigenvalue weighted by Crippen LogP contribution is -2.35. The summed E-state index contributed by atoms with van der Waals surface area (Å²) in [5, 5.41) is 13.6. The monoisotopic (exact) mass is 565 g/mol. The molecule has 3 heterocycles. The van der Waals surface area contributed by atoms with E-state index in [2.05, 4.69) is 10.3 Å². The number of aliphatic hydroxyl groups is 1. The summed E-state index contributed by atoms with van der Waals surface area (Å²) in [5.41, 5.74) is 1.58. The van der Waals surface area contributed by atoms with E-state index < -0.39 is 33.9 Å². The molecule has 4 aromatic rings. The number of fused-ring (bicyclic) bond motifs is 3. The molecule has 5 rings (SSSR count). The van der Waals surface area contributed by atoms with Crippen molar-refractivity contribution in [1.82, 2.24) is 14.3 Å². The Hall–Kier alpha value is -4.09. The van der Waals surface area contributed by atoms with Crippen LogP contribution in [0.25, 0.3) is 22.2 Å². The first kappa shape index (κ1) is 27.5. The van der Waals surface area contributed by atoms with Crippen molar-refractivity contribution in [3.05, 3.63) is 71.9 Å². The number of nitrogens with one attached hydrogen (secondary N) is 1. The highest BCUT2D eigenvalue weighted by molar-refractivity contribution is 7.90. The van der Waals surface area contributed by atoms with Gasteiger partial charge in [0.25, 0.3) is 10.0 Å². The summed E-state index contributed by atoms with van der Waals surface area (Å²) in [6, 6.07) is 16.1. The first-order valence-electron chi connectivity index (χ1n) is 12.7. The summed E-state index contributed by atoms with van der Waals surface area (Å²) in [5.74, 6) is 0.698. The van der Waals surface area contributed by atoms with Crippen molar-refractivity contribution < 1.29 is 32.5 Å². The summed E-state index contributed by atoms with van der Waals surface area (Å²) in [6.45, 7) is 7.08. The van der Waals surface area contributed by atoms with Crippen LogP contribution in [0.4, 0.5) is 4.79 Å². The number of hydrogen-bond acceptors (Lipinski definition) is 8. The second-order valence-corrected chi connectivity index (χ2v) is 12.3. The molecule has 0 bridgehead atoms. The summed E-state index contributed by atoms with van der Waals surface area (Å²) < 4.78 is 46.2. The van der Waals surface area contributed by atoms with Gasteiger partial charge in [0.2, 0.25) is 5.88 Å². The fraction of sp³-hybridized carbons (Fsp3) is 0.310. The first-order chi connectivity index (χ1) is 18.9. The lowest BCUT2D eigenvalue weighted by molar-refractivity contribution is 0.0497.